The average molecular weight is 812 g/mol. The molecule has 2 saturated heterocycles. The van der Waals surface area contributed by atoms with Crippen molar-refractivity contribution < 1.29 is 55.0 Å². The Morgan fingerprint density at radius 1 is 0.789 bits per heavy atom. The summed E-state index contributed by atoms with van der Waals surface area (Å²) in [5.41, 5.74) is -1.47. The Balaban J connectivity index is 1.31. The highest BCUT2D eigenvalue weighted by atomic mass is 35.5. The van der Waals surface area contributed by atoms with Crippen LogP contribution >= 0.6 is 11.6 Å². The fourth-order valence-corrected chi connectivity index (χ4v) is 9.34. The van der Waals surface area contributed by atoms with Gasteiger partial charge < -0.3 is 5.11 Å². The van der Waals surface area contributed by atoms with Crippen LogP contribution in [0.25, 0.3) is 0 Å². The number of hydrazine groups is 1. The van der Waals surface area contributed by atoms with E-state index in [0.29, 0.717) is 44.3 Å². The van der Waals surface area contributed by atoms with Crippen LogP contribution in [0.15, 0.2) is 96.6 Å². The van der Waals surface area contributed by atoms with Gasteiger partial charge in [0.25, 0.3) is 11.8 Å². The second-order valence-electron chi connectivity index (χ2n) is 14.7. The number of aryl methyl sites for hydroxylation is 1. The molecule has 2 N–H and O–H groups in total. The third kappa shape index (κ3) is 5.96. The Bertz CT molecular complexity index is 2370. The lowest BCUT2D eigenvalue weighted by Crippen LogP contribution is -2.53. The first kappa shape index (κ1) is 38.2. The first-order valence-electron chi connectivity index (χ1n) is 17.7. The minimum absolute atomic E-state index is 0.0826. The Morgan fingerprint density at radius 2 is 1.42 bits per heavy atom. The van der Waals surface area contributed by atoms with Crippen molar-refractivity contribution in [3.05, 3.63) is 135 Å². The summed E-state index contributed by atoms with van der Waals surface area (Å²) in [6.07, 6.45) is -9.26. The number of benzene rings is 4. The third-order valence-corrected chi connectivity index (χ3v) is 11.9. The second kappa shape index (κ2) is 13.2. The molecule has 2 heterocycles. The van der Waals surface area contributed by atoms with E-state index in [0.717, 1.165) is 17.1 Å². The van der Waals surface area contributed by atoms with Gasteiger partial charge in [0.05, 0.1) is 45.7 Å². The molecule has 6 atom stereocenters. The normalized spacial score (nSPS) is 26.0. The van der Waals surface area contributed by atoms with E-state index in [1.54, 1.807) is 37.3 Å². The van der Waals surface area contributed by atoms with E-state index in [4.69, 9.17) is 11.6 Å². The molecule has 8 nitrogen and oxygen atoms in total. The number of anilines is 2. The van der Waals surface area contributed by atoms with Gasteiger partial charge in [-0.2, -0.15) is 31.4 Å². The first-order valence-corrected chi connectivity index (χ1v) is 18.0. The highest BCUT2D eigenvalue weighted by Gasteiger charge is 2.70. The van der Waals surface area contributed by atoms with Gasteiger partial charge in [-0.25, -0.2) is 9.29 Å². The molecule has 4 amide bonds. The van der Waals surface area contributed by atoms with Crippen molar-refractivity contribution in [1.29, 1.82) is 0 Å². The molecular formula is C41H29ClF7N3O5. The van der Waals surface area contributed by atoms with Crippen molar-refractivity contribution in [2.75, 3.05) is 10.3 Å². The van der Waals surface area contributed by atoms with Crippen molar-refractivity contribution in [2.45, 2.75) is 43.5 Å². The van der Waals surface area contributed by atoms with Crippen molar-refractivity contribution >= 4 is 46.6 Å². The molecular weight excluding hydrogens is 783 g/mol. The third-order valence-electron chi connectivity index (χ3n) is 11.6. The number of nitrogens with one attached hydrogen (secondary N) is 1. The van der Waals surface area contributed by atoms with Crippen LogP contribution in [-0.4, -0.2) is 33.7 Å². The molecule has 4 aromatic carbocycles. The minimum Gasteiger partial charge on any atom is -0.508 e. The van der Waals surface area contributed by atoms with Crippen LogP contribution in [-0.2, 0) is 36.9 Å². The lowest BCUT2D eigenvalue weighted by Gasteiger charge is -2.50. The molecule has 3 fully saturated rings. The predicted molar refractivity (Wildman–Crippen MR) is 191 cm³/mol. The molecule has 57 heavy (non-hydrogen) atoms. The lowest BCUT2D eigenvalue weighted by molar-refractivity contribution is -0.143. The topological polar surface area (TPSA) is 107 Å². The van der Waals surface area contributed by atoms with Gasteiger partial charge in [-0.05, 0) is 103 Å². The Hall–Kier alpha value is -5.70. The van der Waals surface area contributed by atoms with Crippen LogP contribution in [0.4, 0.5) is 42.1 Å². The SMILES string of the molecule is Cc1cc([C@H]2C3=CC[C@@H]4C(=O)N(c5cc(C(F)(F)F)cc(C(F)(F)F)c5)C(=O)[C@@H]4[C@@H]3C[C@H]3C(=O)N(Nc4ccc(F)cc4)C(=O)[C@@]23c2ccc(Cl)cc2)ccc1O. The average Bonchev–Trinajstić information content (AvgIpc) is 3.53. The number of halogens is 8. The van der Waals surface area contributed by atoms with E-state index in [2.05, 4.69) is 5.43 Å². The molecule has 2 aliphatic heterocycles. The van der Waals surface area contributed by atoms with Gasteiger partial charge in [0.1, 0.15) is 11.6 Å². The monoisotopic (exact) mass is 811 g/mol. The minimum atomic E-state index is -5.25. The first-order chi connectivity index (χ1) is 26.8. The van der Waals surface area contributed by atoms with Gasteiger partial charge in [0.15, 0.2) is 0 Å². The van der Waals surface area contributed by atoms with E-state index < -0.39 is 93.6 Å². The van der Waals surface area contributed by atoms with Crippen LogP contribution in [0.1, 0.15) is 46.6 Å². The Kier molecular flexibility index (Phi) is 8.83. The Morgan fingerprint density at radius 3 is 2.02 bits per heavy atom. The number of phenolic OH excluding ortho intramolecular Hbond substituents is 1. The number of rotatable bonds is 5. The van der Waals surface area contributed by atoms with Gasteiger partial charge in [-0.3, -0.25) is 24.6 Å². The zero-order chi connectivity index (χ0) is 40.9. The van der Waals surface area contributed by atoms with Crippen LogP contribution in [0, 0.1) is 36.4 Å². The van der Waals surface area contributed by atoms with E-state index in [1.165, 1.54) is 30.3 Å². The number of amides is 4. The number of hydrogen-bond acceptors (Lipinski definition) is 6. The molecule has 16 heteroatoms. The molecule has 294 valence electrons. The van der Waals surface area contributed by atoms with Crippen LogP contribution < -0.4 is 10.3 Å². The summed E-state index contributed by atoms with van der Waals surface area (Å²) in [6.45, 7) is 1.61. The van der Waals surface area contributed by atoms with Crippen molar-refractivity contribution in [3.63, 3.8) is 0 Å². The highest BCUT2D eigenvalue weighted by Crippen LogP contribution is 2.64. The lowest BCUT2D eigenvalue weighted by atomic mass is 9.49. The van der Waals surface area contributed by atoms with Gasteiger partial charge in [0.2, 0.25) is 11.8 Å². The van der Waals surface area contributed by atoms with Gasteiger partial charge in [-0.15, -0.1) is 0 Å². The van der Waals surface area contributed by atoms with Gasteiger partial charge in [0, 0.05) is 10.9 Å². The molecule has 0 bridgehead atoms. The predicted octanol–water partition coefficient (Wildman–Crippen LogP) is 8.72. The number of nitrogens with zero attached hydrogens (tertiary/aromatic N) is 2. The molecule has 8 rings (SSSR count). The maximum atomic E-state index is 15.2. The highest BCUT2D eigenvalue weighted by molar-refractivity contribution is 6.30. The van der Waals surface area contributed by atoms with Crippen LogP contribution in [0.5, 0.6) is 5.75 Å². The molecule has 0 radical (unpaired) electrons. The number of carbonyl (C=O) groups is 4. The zero-order valence-corrected chi connectivity index (χ0v) is 30.2. The number of allylic oxidation sites excluding steroid dienone is 2. The molecule has 0 spiro atoms. The zero-order valence-electron chi connectivity index (χ0n) is 29.5. The molecule has 4 aliphatic rings. The summed E-state index contributed by atoms with van der Waals surface area (Å²) in [5.74, 6) is -10.1. The summed E-state index contributed by atoms with van der Waals surface area (Å²) in [7, 11) is 0. The van der Waals surface area contributed by atoms with Gasteiger partial charge in [-0.1, -0.05) is 47.5 Å². The van der Waals surface area contributed by atoms with Gasteiger partial charge >= 0.3 is 12.4 Å². The molecule has 1 saturated carbocycles. The summed E-state index contributed by atoms with van der Waals surface area (Å²) < 4.78 is 97.2. The molecule has 2 aliphatic carbocycles. The molecule has 4 aromatic rings. The fourth-order valence-electron chi connectivity index (χ4n) is 9.21. The van der Waals surface area contributed by atoms with Crippen molar-refractivity contribution in [1.82, 2.24) is 5.01 Å². The standard InChI is InChI=1S/C41H29ClF7N3O5/c1-19-14-20(2-13-32(19)53)34-28-11-12-29-33(37(56)51(35(29)54)27-16-22(40(44,45)46)15-23(17-27)41(47,48)49)30(28)18-31-36(55)52(50-26-9-7-25(43)8-10-26)38(57)39(31,34)21-3-5-24(42)6-4-21/h2-11,13-17,29-31,33-34,50,53H,12,18H2,1H3/t29-,30+,31-,33-,34-,39+/m0/s1. The summed E-state index contributed by atoms with van der Waals surface area (Å²) in [4.78, 5) is 58.8. The summed E-state index contributed by atoms with van der Waals surface area (Å²) in [5, 5.41) is 11.7. The smallest absolute Gasteiger partial charge is 0.416 e. The molecule has 0 aromatic heterocycles. The second-order valence-corrected chi connectivity index (χ2v) is 15.1. The van der Waals surface area contributed by atoms with E-state index in [1.807, 2.05) is 0 Å². The number of carbonyl (C=O) groups excluding carboxylic acids is 4. The largest absolute Gasteiger partial charge is 0.508 e. The van der Waals surface area contributed by atoms with Crippen LogP contribution in [0.3, 0.4) is 0 Å². The fraction of sp³-hybridized carbons (Fsp3) is 0.268. The Labute approximate surface area is 324 Å². The maximum absolute atomic E-state index is 15.2. The summed E-state index contributed by atoms with van der Waals surface area (Å²) >= 11 is 6.29. The van der Waals surface area contributed by atoms with E-state index >= 15 is 4.79 Å². The van der Waals surface area contributed by atoms with E-state index in [-0.39, 0.29) is 30.3 Å². The number of hydrogen-bond donors (Lipinski definition) is 2. The number of fused-ring (bicyclic) bond motifs is 4. The van der Waals surface area contributed by atoms with Crippen molar-refractivity contribution in [2.24, 2.45) is 23.7 Å². The number of phenols is 1. The number of imide groups is 2. The summed E-state index contributed by atoms with van der Waals surface area (Å²) in [6, 6.07) is 16.2. The van der Waals surface area contributed by atoms with Crippen LogP contribution in [0.2, 0.25) is 5.02 Å². The van der Waals surface area contributed by atoms with E-state index in [9.17, 15) is 50.2 Å². The quantitative estimate of drug-likeness (QED) is 0.119. The number of aromatic hydroxyl groups is 1. The number of alkyl halides is 6. The van der Waals surface area contributed by atoms with Crippen molar-refractivity contribution in [3.8, 4) is 5.75 Å². The maximum Gasteiger partial charge on any atom is 0.416 e. The molecule has 0 unspecified atom stereocenters.